The van der Waals surface area contributed by atoms with Gasteiger partial charge in [0.05, 0.1) is 78.4 Å². The van der Waals surface area contributed by atoms with Crippen LogP contribution in [0.25, 0.3) is 268 Å². The number of fused-ring (bicyclic) bond motifs is 21. The van der Waals surface area contributed by atoms with E-state index in [4.69, 9.17) is 52.4 Å². The highest BCUT2D eigenvalue weighted by Crippen LogP contribution is 2.48. The highest BCUT2D eigenvalue weighted by molar-refractivity contribution is 7.27. The number of para-hydroxylation sites is 4. The summed E-state index contributed by atoms with van der Waals surface area (Å²) < 4.78 is 18.8. The number of nitrogens with zero attached hydrogens (tertiary/aromatic N) is 12. The Balaban J connectivity index is 0.000000109. The van der Waals surface area contributed by atoms with Crippen LogP contribution in [0.2, 0.25) is 0 Å². The number of aromatic nitrogens is 10. The van der Waals surface area contributed by atoms with Gasteiger partial charge in [0.15, 0.2) is 46.1 Å². The Bertz CT molecular complexity index is 9630. The lowest BCUT2D eigenvalue weighted by Crippen LogP contribution is -2.01. The molecule has 0 amide bonds. The molecular formula is C127H76N12OS2. The van der Waals surface area contributed by atoms with Gasteiger partial charge in [-0.15, -0.1) is 22.7 Å². The molecular weight excluding hydrogens is 1770 g/mol. The fourth-order valence-corrected chi connectivity index (χ4v) is 22.6. The van der Waals surface area contributed by atoms with Gasteiger partial charge in [-0.05, 0) is 131 Å². The number of hydrogen-bond acceptors (Lipinski definition) is 10. The predicted octanol–water partition coefficient (Wildman–Crippen LogP) is 34.5. The lowest BCUT2D eigenvalue weighted by atomic mass is 10.0. The summed E-state index contributed by atoms with van der Waals surface area (Å²) in [7, 11) is 0. The molecule has 0 N–H and O–H groups in total. The van der Waals surface area contributed by atoms with Crippen LogP contribution in [-0.4, -0.2) is 48.6 Å². The van der Waals surface area contributed by atoms with E-state index in [2.05, 4.69) is 339 Å². The second-order valence-corrected chi connectivity index (χ2v) is 37.2. The third-order valence-corrected chi connectivity index (χ3v) is 29.0. The molecule has 0 radical (unpaired) electrons. The van der Waals surface area contributed by atoms with E-state index in [1.54, 1.807) is 0 Å². The molecule has 13 nitrogen and oxygen atoms in total. The summed E-state index contributed by atoms with van der Waals surface area (Å²) >= 11 is 3.71. The Morgan fingerprint density at radius 2 is 0.514 bits per heavy atom. The Labute approximate surface area is 822 Å². The quantitative estimate of drug-likeness (QED) is 0.104. The maximum absolute atomic E-state index is 7.54. The minimum Gasteiger partial charge on any atom is -0.454 e. The molecule has 0 aliphatic heterocycles. The largest absolute Gasteiger partial charge is 0.454 e. The van der Waals surface area contributed by atoms with Gasteiger partial charge in [-0.3, -0.25) is 0 Å². The maximum Gasteiger partial charge on any atom is 0.187 e. The van der Waals surface area contributed by atoms with Crippen LogP contribution in [0.15, 0.2) is 465 Å². The summed E-state index contributed by atoms with van der Waals surface area (Å²) in [5, 5.41) is 14.6. The van der Waals surface area contributed by atoms with Gasteiger partial charge < -0.3 is 18.1 Å². The van der Waals surface area contributed by atoms with Crippen molar-refractivity contribution in [2.24, 2.45) is 0 Å². The zero-order valence-corrected chi connectivity index (χ0v) is 77.6. The van der Waals surface area contributed by atoms with E-state index < -0.39 is 0 Å². The minimum atomic E-state index is 0.573. The first-order valence-electron chi connectivity index (χ1n) is 46.9. The first kappa shape index (κ1) is 83.6. The summed E-state index contributed by atoms with van der Waals surface area (Å²) in [5.74, 6) is 3.17. The second kappa shape index (κ2) is 35.3. The van der Waals surface area contributed by atoms with Gasteiger partial charge in [0.25, 0.3) is 0 Å². The topological polar surface area (TPSA) is 127 Å². The standard InChI is InChI=1S/C45H28N4S.C41H24N4O.C41H24N4S/c1-3-13-29(14-4-1)31-17-11-18-32(27-31)44-46-43(30-15-5-2-6-16-30)47-45(48-44)33-19-12-20-34(28-33)49-39-23-9-7-21-35(39)37-25-26-38-36-22-8-10-24-40(36)50-42(38)41(37)49;2*1-42-29-15-9-13-27(23-29)36-25-35(26-11-3-2-4-12-26)43-41(44-36)28-14-10-16-30(24-28)45-37-19-7-5-17-31(37)33-21-22-34-32-18-6-8-20-38(32)46-40(34)39(33)45/h1-28H;2*2-25H. The molecule has 0 unspecified atom stereocenters. The molecule has 28 rings (SSSR count). The minimum absolute atomic E-state index is 0.573. The normalized spacial score (nSPS) is 11.5. The highest BCUT2D eigenvalue weighted by atomic mass is 32.1. The number of hydrogen-bond donors (Lipinski definition) is 0. The Morgan fingerprint density at radius 3 is 0.965 bits per heavy atom. The van der Waals surface area contributed by atoms with E-state index >= 15 is 0 Å². The molecule has 28 aromatic rings. The summed E-state index contributed by atoms with van der Waals surface area (Å²) in [4.78, 5) is 42.8. The number of benzene rings is 19. The van der Waals surface area contributed by atoms with Crippen molar-refractivity contribution in [3.05, 3.63) is 484 Å². The van der Waals surface area contributed by atoms with Crippen LogP contribution in [0.5, 0.6) is 0 Å². The van der Waals surface area contributed by atoms with Crippen LogP contribution < -0.4 is 0 Å². The summed E-state index contributed by atoms with van der Waals surface area (Å²) in [6.07, 6.45) is 0. The zero-order chi connectivity index (χ0) is 94.2. The van der Waals surface area contributed by atoms with Crippen molar-refractivity contribution in [3.63, 3.8) is 0 Å². The lowest BCUT2D eigenvalue weighted by molar-refractivity contribution is 0.671. The summed E-state index contributed by atoms with van der Waals surface area (Å²) in [6.45, 7) is 15.1. The number of thiophene rings is 2. The predicted molar refractivity (Wildman–Crippen MR) is 587 cm³/mol. The van der Waals surface area contributed by atoms with Crippen LogP contribution in [0.1, 0.15) is 0 Å². The SMILES string of the molecule is [C-]#[N+]c1cccc(-c2cc(-c3ccccc3)nc(-c3cccc(-n4c5ccccc5c5ccc6c7ccccc7oc6c54)c3)n2)c1.[C-]#[N+]c1cccc(-c2cc(-c3ccccc3)nc(-c3cccc(-n4c5ccccc5c5ccc6c7ccccc7sc6c54)c3)n2)c1.c1ccc(-c2cccc(-c3nc(-c4ccccc4)nc(-c4cccc(-n5c6ccccc6c6ccc7c8ccccc8sc7c65)c4)n3)c2)cc1. The first-order chi connectivity index (χ1) is 70.3. The van der Waals surface area contributed by atoms with Crippen molar-refractivity contribution in [2.75, 3.05) is 0 Å². The molecule has 15 heteroatoms. The Kier molecular flexibility index (Phi) is 20.8. The van der Waals surface area contributed by atoms with Gasteiger partial charge >= 0.3 is 0 Å². The molecule has 19 aromatic carbocycles. The van der Waals surface area contributed by atoms with Crippen molar-refractivity contribution in [3.8, 4) is 130 Å². The molecule has 0 bridgehead atoms. The molecule has 0 saturated carbocycles. The molecule has 0 atom stereocenters. The molecule has 9 aromatic heterocycles. The number of furan rings is 1. The zero-order valence-electron chi connectivity index (χ0n) is 76.0. The molecule has 0 fully saturated rings. The van der Waals surface area contributed by atoms with Gasteiger partial charge in [0.1, 0.15) is 5.58 Å². The third-order valence-electron chi connectivity index (χ3n) is 26.7. The van der Waals surface area contributed by atoms with Crippen LogP contribution in [0.3, 0.4) is 0 Å². The fraction of sp³-hybridized carbons (Fsp3) is 0. The number of rotatable bonds is 13. The molecule has 662 valence electrons. The summed E-state index contributed by atoms with van der Waals surface area (Å²) in [5.41, 5.74) is 26.8. The third kappa shape index (κ3) is 14.9. The highest BCUT2D eigenvalue weighted by Gasteiger charge is 2.26. The average Bonchev–Trinajstić information content (AvgIpc) is 1.57. The van der Waals surface area contributed by atoms with Gasteiger partial charge in [0, 0.05) is 130 Å². The van der Waals surface area contributed by atoms with Gasteiger partial charge in [-0.25, -0.2) is 44.6 Å². The molecule has 0 spiro atoms. The molecule has 142 heavy (non-hydrogen) atoms. The molecule has 0 aliphatic rings. The monoisotopic (exact) mass is 1850 g/mol. The van der Waals surface area contributed by atoms with Crippen LogP contribution >= 0.6 is 22.7 Å². The maximum atomic E-state index is 7.54. The van der Waals surface area contributed by atoms with E-state index in [1.807, 2.05) is 168 Å². The van der Waals surface area contributed by atoms with Gasteiger partial charge in [-0.1, -0.05) is 352 Å². The van der Waals surface area contributed by atoms with E-state index in [0.29, 0.717) is 40.5 Å². The van der Waals surface area contributed by atoms with Crippen molar-refractivity contribution >= 4 is 162 Å². The molecule has 0 saturated heterocycles. The van der Waals surface area contributed by atoms with Crippen molar-refractivity contribution in [2.45, 2.75) is 0 Å². The van der Waals surface area contributed by atoms with E-state index in [9.17, 15) is 0 Å². The Hall–Kier alpha value is -19.0. The first-order valence-corrected chi connectivity index (χ1v) is 48.6. The summed E-state index contributed by atoms with van der Waals surface area (Å²) in [6, 6.07) is 159. The van der Waals surface area contributed by atoms with E-state index in [0.717, 1.165) is 150 Å². The molecule has 0 aliphatic carbocycles. The average molecular weight is 1850 g/mol. The van der Waals surface area contributed by atoms with E-state index in [1.165, 1.54) is 78.4 Å². The van der Waals surface area contributed by atoms with E-state index in [-0.39, 0.29) is 0 Å². The van der Waals surface area contributed by atoms with Gasteiger partial charge in [0.2, 0.25) is 0 Å². The van der Waals surface area contributed by atoms with Crippen LogP contribution in [0, 0.1) is 13.1 Å². The van der Waals surface area contributed by atoms with Crippen molar-refractivity contribution < 1.29 is 4.42 Å². The fourth-order valence-electron chi connectivity index (χ4n) is 20.1. The lowest BCUT2D eigenvalue weighted by Gasteiger charge is -2.12. The Morgan fingerprint density at radius 1 is 0.204 bits per heavy atom. The second-order valence-electron chi connectivity index (χ2n) is 35.1. The van der Waals surface area contributed by atoms with Gasteiger partial charge in [-0.2, -0.15) is 0 Å². The van der Waals surface area contributed by atoms with Crippen LogP contribution in [-0.2, 0) is 0 Å². The van der Waals surface area contributed by atoms with Crippen molar-refractivity contribution in [1.29, 1.82) is 0 Å². The van der Waals surface area contributed by atoms with Crippen molar-refractivity contribution in [1.82, 2.24) is 48.6 Å². The molecule has 9 heterocycles. The van der Waals surface area contributed by atoms with Crippen LogP contribution in [0.4, 0.5) is 11.4 Å². The smallest absolute Gasteiger partial charge is 0.187 e.